The molecular weight excluding hydrogens is 649 g/mol. The van der Waals surface area contributed by atoms with E-state index >= 15 is 0 Å². The summed E-state index contributed by atoms with van der Waals surface area (Å²) >= 11 is 1.53. The third kappa shape index (κ3) is 7.24. The minimum Gasteiger partial charge on any atom is -0.497 e. The molecule has 0 saturated carbocycles. The molecule has 11 heteroatoms. The summed E-state index contributed by atoms with van der Waals surface area (Å²) < 4.78 is 41.4. The summed E-state index contributed by atoms with van der Waals surface area (Å²) in [6.45, 7) is 5.72. The van der Waals surface area contributed by atoms with Gasteiger partial charge in [-0.25, -0.2) is 4.79 Å². The minimum atomic E-state index is -4.02. The number of carbonyl (C=O) groups excluding carboxylic acids is 2. The second kappa shape index (κ2) is 14.6. The number of nitrogens with zero attached hydrogens (tertiary/aromatic N) is 1. The molecule has 248 valence electrons. The highest BCUT2D eigenvalue weighted by atomic mass is 32.2. The van der Waals surface area contributed by atoms with Gasteiger partial charge in [0.2, 0.25) is 5.91 Å². The zero-order valence-corrected chi connectivity index (χ0v) is 28.1. The van der Waals surface area contributed by atoms with Crippen molar-refractivity contribution in [3.8, 4) is 5.75 Å². The van der Waals surface area contributed by atoms with Crippen LogP contribution >= 0.6 is 11.8 Å². The Labute approximate surface area is 284 Å². The number of methoxy groups -OCH3 is 1. The first kappa shape index (κ1) is 34.6. The zero-order valence-electron chi connectivity index (χ0n) is 26.5. The van der Waals surface area contributed by atoms with E-state index < -0.39 is 27.7 Å². The summed E-state index contributed by atoms with van der Waals surface area (Å²) in [6.07, 6.45) is 1.99. The van der Waals surface area contributed by atoms with Crippen LogP contribution in [-0.2, 0) is 36.5 Å². The van der Waals surface area contributed by atoms with Crippen molar-refractivity contribution < 1.29 is 32.0 Å². The number of hydrogen-bond donors (Lipinski definition) is 2. The van der Waals surface area contributed by atoms with Gasteiger partial charge in [0.15, 0.2) is 5.60 Å². The second-order valence-corrected chi connectivity index (χ2v) is 13.8. The molecule has 48 heavy (non-hydrogen) atoms. The molecule has 0 radical (unpaired) electrons. The van der Waals surface area contributed by atoms with Crippen molar-refractivity contribution >= 4 is 33.8 Å². The van der Waals surface area contributed by atoms with Crippen molar-refractivity contribution in [1.82, 2.24) is 4.90 Å². The molecule has 2 heterocycles. The molecule has 0 bridgehead atoms. The van der Waals surface area contributed by atoms with Crippen molar-refractivity contribution in [3.63, 3.8) is 0 Å². The van der Waals surface area contributed by atoms with E-state index in [0.29, 0.717) is 17.7 Å². The van der Waals surface area contributed by atoms with E-state index in [-0.39, 0.29) is 21.9 Å². The fourth-order valence-electron chi connectivity index (χ4n) is 5.57. The molecule has 1 fully saturated rings. The fourth-order valence-corrected chi connectivity index (χ4v) is 7.34. The highest BCUT2D eigenvalue weighted by Crippen LogP contribution is 2.43. The number of fused-ring (bicyclic) bond motifs is 1. The number of thioether (sulfide) groups is 1. The summed E-state index contributed by atoms with van der Waals surface area (Å²) in [5.74, 6) is 0.397. The Hall–Kier alpha value is -4.68. The molecule has 1 saturated heterocycles. The van der Waals surface area contributed by atoms with Crippen LogP contribution < -0.4 is 10.5 Å². The molecule has 2 atom stereocenters. The van der Waals surface area contributed by atoms with Gasteiger partial charge in [-0.15, -0.1) is 11.8 Å². The van der Waals surface area contributed by atoms with Crippen molar-refractivity contribution in [2.24, 2.45) is 5.73 Å². The monoisotopic (exact) mass is 684 g/mol. The summed E-state index contributed by atoms with van der Waals surface area (Å²) in [5, 5.41) is -0.289. The number of rotatable bonds is 9. The Morgan fingerprint density at radius 3 is 2.04 bits per heavy atom. The van der Waals surface area contributed by atoms with E-state index in [9.17, 15) is 18.0 Å². The number of ether oxygens (including phenoxy) is 2. The van der Waals surface area contributed by atoms with Gasteiger partial charge in [-0.1, -0.05) is 103 Å². The van der Waals surface area contributed by atoms with Gasteiger partial charge in [-0.2, -0.15) is 8.42 Å². The standard InChI is InChI=1S/C30H28N2O4S.C7H8O3S/c1-3-21-19-37-28-25(31)27(33)32(28)26(21)29(34)36-30(22-10-6-4-7-11-22,23-12-8-5-9-13-23)18-20-14-16-24(35-2)17-15-20;1-6-2-4-7(5-3-6)11(8,9)10/h3-17,25,28H,1,18-19,31H2,2H3;2-5H,1H3,(H,8,9,10)/t25?,28-;/m0./s1. The van der Waals surface area contributed by atoms with Crippen LogP contribution in [0.4, 0.5) is 0 Å². The van der Waals surface area contributed by atoms with Gasteiger partial charge < -0.3 is 15.2 Å². The SMILES string of the molecule is C=CC1=C(C(=O)OC(Cc2ccc(OC)cc2)(c2ccccc2)c2ccccc2)N2C(=O)C(N)[C@@H]2SC1.Cc1ccc(S(=O)(=O)O)cc1. The van der Waals surface area contributed by atoms with Crippen LogP contribution in [-0.4, -0.2) is 54.0 Å². The number of carbonyl (C=O) groups is 2. The number of nitrogens with two attached hydrogens (primary N) is 1. The Morgan fingerprint density at radius 1 is 0.979 bits per heavy atom. The molecule has 0 aliphatic carbocycles. The zero-order chi connectivity index (χ0) is 34.5. The molecule has 4 aromatic rings. The van der Waals surface area contributed by atoms with Gasteiger partial charge in [0, 0.05) is 23.3 Å². The molecule has 2 aliphatic heterocycles. The van der Waals surface area contributed by atoms with E-state index in [1.807, 2.05) is 91.9 Å². The summed E-state index contributed by atoms with van der Waals surface area (Å²) in [4.78, 5) is 28.2. The van der Waals surface area contributed by atoms with E-state index in [4.69, 9.17) is 19.8 Å². The Bertz CT molecular complexity index is 1870. The maximum Gasteiger partial charge on any atom is 0.356 e. The lowest BCUT2D eigenvalue weighted by atomic mass is 9.81. The number of amides is 1. The molecule has 0 aromatic heterocycles. The molecule has 1 unspecified atom stereocenters. The number of esters is 1. The van der Waals surface area contributed by atoms with E-state index in [0.717, 1.165) is 28.0 Å². The van der Waals surface area contributed by atoms with Gasteiger partial charge in [-0.3, -0.25) is 14.2 Å². The lowest BCUT2D eigenvalue weighted by Crippen LogP contribution is -2.68. The van der Waals surface area contributed by atoms with E-state index in [1.54, 1.807) is 25.3 Å². The van der Waals surface area contributed by atoms with Crippen LogP contribution in [0.2, 0.25) is 0 Å². The molecular formula is C37H36N2O7S2. The first-order chi connectivity index (χ1) is 23.0. The third-order valence-corrected chi connectivity index (χ3v) is 10.3. The van der Waals surface area contributed by atoms with Gasteiger partial charge in [0.1, 0.15) is 22.9 Å². The van der Waals surface area contributed by atoms with Crippen molar-refractivity contribution in [3.05, 3.63) is 155 Å². The second-order valence-electron chi connectivity index (χ2n) is 11.3. The molecule has 9 nitrogen and oxygen atoms in total. The number of benzene rings is 4. The van der Waals surface area contributed by atoms with E-state index in [1.165, 1.54) is 28.8 Å². The smallest absolute Gasteiger partial charge is 0.356 e. The van der Waals surface area contributed by atoms with Gasteiger partial charge in [-0.05, 0) is 42.3 Å². The van der Waals surface area contributed by atoms with Gasteiger partial charge in [0.05, 0.1) is 12.0 Å². The molecule has 6 rings (SSSR count). The molecule has 2 aliphatic rings. The Balaban J connectivity index is 0.000000349. The lowest BCUT2D eigenvalue weighted by Gasteiger charge is -2.48. The predicted molar refractivity (Wildman–Crippen MR) is 186 cm³/mol. The number of β-lactam (4-membered cyclic amide) rings is 1. The summed E-state index contributed by atoms with van der Waals surface area (Å²) in [5.41, 5.74) is 9.30. The molecule has 1 amide bonds. The molecule has 0 spiro atoms. The lowest BCUT2D eigenvalue weighted by molar-refractivity contribution is -0.159. The fraction of sp³-hybridized carbons (Fsp3) is 0.189. The molecule has 4 aromatic carbocycles. The van der Waals surface area contributed by atoms with Crippen LogP contribution in [0.25, 0.3) is 0 Å². The average Bonchev–Trinajstić information content (AvgIpc) is 3.11. The van der Waals surface area contributed by atoms with Crippen LogP contribution in [0.1, 0.15) is 22.3 Å². The van der Waals surface area contributed by atoms with Crippen molar-refractivity contribution in [2.45, 2.75) is 35.3 Å². The summed E-state index contributed by atoms with van der Waals surface area (Å²) in [6, 6.07) is 32.4. The summed E-state index contributed by atoms with van der Waals surface area (Å²) in [7, 11) is -2.40. The number of aryl methyl sites for hydroxylation is 1. The normalized spacial score (nSPS) is 17.3. The topological polar surface area (TPSA) is 136 Å². The minimum absolute atomic E-state index is 0.0666. The molecule has 3 N–H and O–H groups in total. The third-order valence-electron chi connectivity index (χ3n) is 8.16. The highest BCUT2D eigenvalue weighted by Gasteiger charge is 2.53. The maximum atomic E-state index is 14.1. The van der Waals surface area contributed by atoms with Crippen molar-refractivity contribution in [1.29, 1.82) is 0 Å². The number of allylic oxidation sites excluding steroid dienone is 1. The first-order valence-corrected chi connectivity index (χ1v) is 17.5. The van der Waals surface area contributed by atoms with Gasteiger partial charge >= 0.3 is 5.97 Å². The van der Waals surface area contributed by atoms with Crippen LogP contribution in [0.15, 0.2) is 138 Å². The van der Waals surface area contributed by atoms with Gasteiger partial charge in [0.25, 0.3) is 10.1 Å². The van der Waals surface area contributed by atoms with Crippen LogP contribution in [0.5, 0.6) is 5.75 Å². The largest absolute Gasteiger partial charge is 0.497 e. The number of hydrogen-bond acceptors (Lipinski definition) is 8. The maximum absolute atomic E-state index is 14.1. The van der Waals surface area contributed by atoms with Crippen LogP contribution in [0, 0.1) is 6.92 Å². The predicted octanol–water partition coefficient (Wildman–Crippen LogP) is 5.65. The Kier molecular flexibility index (Phi) is 10.5. The quantitative estimate of drug-likeness (QED) is 0.130. The van der Waals surface area contributed by atoms with Crippen LogP contribution in [0.3, 0.4) is 0 Å². The average molecular weight is 685 g/mol. The highest BCUT2D eigenvalue weighted by molar-refractivity contribution is 8.00. The van der Waals surface area contributed by atoms with Crippen molar-refractivity contribution in [2.75, 3.05) is 12.9 Å². The van der Waals surface area contributed by atoms with E-state index in [2.05, 4.69) is 6.58 Å². The Morgan fingerprint density at radius 2 is 1.54 bits per heavy atom. The first-order valence-electron chi connectivity index (χ1n) is 15.1.